The molecule has 0 spiro atoms. The maximum absolute atomic E-state index is 13.9. The topological polar surface area (TPSA) is 78.7 Å². The zero-order valence-electron chi connectivity index (χ0n) is 21.5. The van der Waals surface area contributed by atoms with Crippen LogP contribution in [0.4, 0.5) is 10.1 Å². The second kappa shape index (κ2) is 11.4. The molecule has 0 saturated carbocycles. The molecule has 36 heavy (non-hydrogen) atoms. The largest absolute Gasteiger partial charge is 0.385 e. The fourth-order valence-corrected chi connectivity index (χ4v) is 5.46. The molecule has 2 aromatic carbocycles. The maximum Gasteiger partial charge on any atom is 0.255 e. The van der Waals surface area contributed by atoms with E-state index in [2.05, 4.69) is 10.2 Å². The molecule has 2 amide bonds. The van der Waals surface area contributed by atoms with Gasteiger partial charge in [0.25, 0.3) is 5.91 Å². The quantitative estimate of drug-likeness (QED) is 0.557. The first-order valence-electron chi connectivity index (χ1n) is 13.2. The van der Waals surface area contributed by atoms with E-state index in [1.165, 1.54) is 0 Å². The van der Waals surface area contributed by atoms with Crippen LogP contribution >= 0.6 is 0 Å². The molecule has 0 aliphatic carbocycles. The Morgan fingerprint density at radius 1 is 1.00 bits per heavy atom. The summed E-state index contributed by atoms with van der Waals surface area (Å²) in [7, 11) is 0. The van der Waals surface area contributed by atoms with E-state index in [4.69, 9.17) is 5.73 Å². The monoisotopic (exact) mass is 494 g/mol. The average molecular weight is 495 g/mol. The molecule has 0 aromatic heterocycles. The summed E-state index contributed by atoms with van der Waals surface area (Å²) in [6, 6.07) is 15.2. The lowest BCUT2D eigenvalue weighted by Crippen LogP contribution is -2.50. The number of carbonyl (C=O) groups excluding carboxylic acids is 2. The number of benzene rings is 2. The predicted octanol–water partition coefficient (Wildman–Crippen LogP) is 4.71. The van der Waals surface area contributed by atoms with E-state index in [0.717, 1.165) is 62.1 Å². The first-order chi connectivity index (χ1) is 17.2. The summed E-state index contributed by atoms with van der Waals surface area (Å²) < 4.78 is 13.9. The minimum atomic E-state index is -1.15. The van der Waals surface area contributed by atoms with E-state index in [9.17, 15) is 14.0 Å². The number of hydrogen-bond acceptors (Lipinski definition) is 4. The van der Waals surface area contributed by atoms with Crippen molar-refractivity contribution in [2.75, 3.05) is 38.0 Å². The summed E-state index contributed by atoms with van der Waals surface area (Å²) in [4.78, 5) is 29.2. The van der Waals surface area contributed by atoms with E-state index < -0.39 is 17.6 Å². The minimum absolute atomic E-state index is 0.140. The zero-order chi connectivity index (χ0) is 25.7. The molecule has 0 bridgehead atoms. The van der Waals surface area contributed by atoms with Crippen molar-refractivity contribution < 1.29 is 14.0 Å². The number of piperidine rings is 2. The fourth-order valence-electron chi connectivity index (χ4n) is 5.46. The van der Waals surface area contributed by atoms with Gasteiger partial charge in [-0.15, -0.1) is 0 Å². The molecule has 3 N–H and O–H groups in total. The Labute approximate surface area is 214 Å². The standard InChI is InChI=1S/C29H39FN4O2/c1-29(2,30)20-33-17-14-21(15-18-33)19-32-23-12-10-22(11-13-23)24-7-3-4-8-25(24)28(36)34-16-6-5-9-26(34)27(31)35/h3-4,7-8,10-13,21,26,32H,5-6,9,14-20H2,1-2H3,(H2,31,35)/t26-/m1/s1. The van der Waals surface area contributed by atoms with Gasteiger partial charge in [-0.2, -0.15) is 0 Å². The van der Waals surface area contributed by atoms with Gasteiger partial charge in [0.2, 0.25) is 5.91 Å². The van der Waals surface area contributed by atoms with Crippen LogP contribution in [0.2, 0.25) is 0 Å². The Bertz CT molecular complexity index is 1040. The molecule has 7 heteroatoms. The summed E-state index contributed by atoms with van der Waals surface area (Å²) in [5, 5.41) is 3.54. The van der Waals surface area contributed by atoms with Crippen LogP contribution in [-0.4, -0.2) is 66.0 Å². The van der Waals surface area contributed by atoms with Gasteiger partial charge >= 0.3 is 0 Å². The Morgan fingerprint density at radius 2 is 1.69 bits per heavy atom. The van der Waals surface area contributed by atoms with Crippen LogP contribution in [0.3, 0.4) is 0 Å². The Balaban J connectivity index is 1.38. The molecular weight excluding hydrogens is 455 g/mol. The molecule has 2 aliphatic heterocycles. The number of primary amides is 1. The highest BCUT2D eigenvalue weighted by Gasteiger charge is 2.32. The van der Waals surface area contributed by atoms with Crippen molar-refractivity contribution in [3.8, 4) is 11.1 Å². The highest BCUT2D eigenvalue weighted by molar-refractivity contribution is 6.02. The molecule has 2 aliphatic rings. The number of carbonyl (C=O) groups is 2. The van der Waals surface area contributed by atoms with Crippen molar-refractivity contribution in [3.63, 3.8) is 0 Å². The van der Waals surface area contributed by atoms with Gasteiger partial charge in [0.15, 0.2) is 0 Å². The van der Waals surface area contributed by atoms with E-state index in [1.54, 1.807) is 18.7 Å². The van der Waals surface area contributed by atoms with Crippen LogP contribution < -0.4 is 11.1 Å². The predicted molar refractivity (Wildman–Crippen MR) is 143 cm³/mol. The molecule has 6 nitrogen and oxygen atoms in total. The van der Waals surface area contributed by atoms with Gasteiger partial charge in [-0.3, -0.25) is 9.59 Å². The van der Waals surface area contributed by atoms with E-state index in [1.807, 2.05) is 48.5 Å². The minimum Gasteiger partial charge on any atom is -0.385 e. The summed E-state index contributed by atoms with van der Waals surface area (Å²) in [5.41, 5.74) is 7.89. The summed E-state index contributed by atoms with van der Waals surface area (Å²) in [5.74, 6) is -0.00332. The lowest BCUT2D eigenvalue weighted by atomic mass is 9.95. The molecule has 2 saturated heterocycles. The van der Waals surface area contributed by atoms with Crippen molar-refractivity contribution in [2.45, 2.75) is 57.7 Å². The second-order valence-corrected chi connectivity index (χ2v) is 10.9. The summed E-state index contributed by atoms with van der Waals surface area (Å²) in [6.45, 7) is 7.11. The number of alkyl halides is 1. The third-order valence-corrected chi connectivity index (χ3v) is 7.35. The van der Waals surface area contributed by atoms with E-state index in [0.29, 0.717) is 31.0 Å². The first-order valence-corrected chi connectivity index (χ1v) is 13.2. The van der Waals surface area contributed by atoms with Crippen molar-refractivity contribution >= 4 is 17.5 Å². The molecule has 0 unspecified atom stereocenters. The molecule has 2 aromatic rings. The van der Waals surface area contributed by atoms with Gasteiger partial charge in [-0.25, -0.2) is 4.39 Å². The molecule has 4 rings (SSSR count). The van der Waals surface area contributed by atoms with Crippen LogP contribution in [-0.2, 0) is 4.79 Å². The van der Waals surface area contributed by atoms with Crippen molar-refractivity contribution in [1.82, 2.24) is 9.80 Å². The lowest BCUT2D eigenvalue weighted by Gasteiger charge is -2.34. The van der Waals surface area contributed by atoms with Crippen molar-refractivity contribution in [1.29, 1.82) is 0 Å². The molecule has 2 fully saturated rings. The van der Waals surface area contributed by atoms with Crippen LogP contribution in [0.15, 0.2) is 48.5 Å². The molecule has 2 heterocycles. The van der Waals surface area contributed by atoms with Crippen molar-refractivity contribution in [2.24, 2.45) is 11.7 Å². The zero-order valence-corrected chi connectivity index (χ0v) is 21.5. The van der Waals surface area contributed by atoms with Crippen molar-refractivity contribution in [3.05, 3.63) is 54.1 Å². The van der Waals surface area contributed by atoms with Gasteiger partial charge in [0.05, 0.1) is 0 Å². The molecule has 0 radical (unpaired) electrons. The molecule has 1 atom stereocenters. The van der Waals surface area contributed by atoms with Gasteiger partial charge in [-0.1, -0.05) is 30.3 Å². The highest BCUT2D eigenvalue weighted by atomic mass is 19.1. The smallest absolute Gasteiger partial charge is 0.255 e. The van der Waals surface area contributed by atoms with Gasteiger partial charge < -0.3 is 20.9 Å². The number of rotatable bonds is 8. The number of nitrogens with two attached hydrogens (primary N) is 1. The number of halogens is 1. The maximum atomic E-state index is 13.9. The van der Waals surface area contributed by atoms with Crippen LogP contribution in [0.1, 0.15) is 56.3 Å². The number of nitrogens with one attached hydrogen (secondary N) is 1. The first kappa shape index (κ1) is 26.1. The highest BCUT2D eigenvalue weighted by Crippen LogP contribution is 2.29. The van der Waals surface area contributed by atoms with Gasteiger partial charge in [-0.05, 0) is 94.3 Å². The van der Waals surface area contributed by atoms with Crippen LogP contribution in [0, 0.1) is 5.92 Å². The SMILES string of the molecule is CC(C)(F)CN1CCC(CNc2ccc(-c3ccccc3C(=O)N3CCCC[C@@H]3C(N)=O)cc2)CC1. The number of nitrogens with zero attached hydrogens (tertiary/aromatic N) is 2. The van der Waals surface area contributed by atoms with Crippen LogP contribution in [0.5, 0.6) is 0 Å². The Hall–Kier alpha value is -2.93. The number of likely N-dealkylation sites (tertiary alicyclic amines) is 2. The number of anilines is 1. The third-order valence-electron chi connectivity index (χ3n) is 7.35. The van der Waals surface area contributed by atoms with Gasteiger partial charge in [0.1, 0.15) is 11.7 Å². The second-order valence-electron chi connectivity index (χ2n) is 10.9. The van der Waals surface area contributed by atoms with Gasteiger partial charge in [0, 0.05) is 30.9 Å². The van der Waals surface area contributed by atoms with E-state index >= 15 is 0 Å². The lowest BCUT2D eigenvalue weighted by molar-refractivity contribution is -0.123. The summed E-state index contributed by atoms with van der Waals surface area (Å²) in [6.07, 6.45) is 4.54. The van der Waals surface area contributed by atoms with E-state index in [-0.39, 0.29) is 5.91 Å². The molecular formula is C29H39FN4O2. The average Bonchev–Trinajstić information content (AvgIpc) is 2.87. The number of hydrogen-bond donors (Lipinski definition) is 2. The Morgan fingerprint density at radius 3 is 2.36 bits per heavy atom. The summed E-state index contributed by atoms with van der Waals surface area (Å²) >= 11 is 0. The Kier molecular flexibility index (Phi) is 8.29. The third kappa shape index (κ3) is 6.64. The fraction of sp³-hybridized carbons (Fsp3) is 0.517. The van der Waals surface area contributed by atoms with Crippen LogP contribution in [0.25, 0.3) is 11.1 Å². The number of amides is 2. The normalized spacial score (nSPS) is 19.8. The molecule has 194 valence electrons.